The van der Waals surface area contributed by atoms with Crippen LogP contribution in [-0.4, -0.2) is 56.8 Å². The van der Waals surface area contributed by atoms with E-state index >= 15 is 0 Å². The lowest BCUT2D eigenvalue weighted by atomic mass is 10.1. The third-order valence-corrected chi connectivity index (χ3v) is 9.36. The van der Waals surface area contributed by atoms with Crippen molar-refractivity contribution in [3.05, 3.63) is 90.9 Å². The van der Waals surface area contributed by atoms with E-state index in [4.69, 9.17) is 14.7 Å². The van der Waals surface area contributed by atoms with Gasteiger partial charge in [0.25, 0.3) is 0 Å². The van der Waals surface area contributed by atoms with Crippen LogP contribution in [0.25, 0.3) is 21.8 Å². The van der Waals surface area contributed by atoms with Crippen molar-refractivity contribution in [2.24, 2.45) is 0 Å². The van der Waals surface area contributed by atoms with E-state index in [1.54, 1.807) is 18.3 Å². The van der Waals surface area contributed by atoms with Crippen molar-refractivity contribution in [2.75, 3.05) is 48.1 Å². The SMILES string of the molecule is CCNc1nc(-c2cccc(NS(=O)c3ccccc3)c2)c(-c2ccnc(Nc3ccc(OCCN4CCCC4)c(F)c3)n2)s1. The van der Waals surface area contributed by atoms with Crippen LogP contribution in [0.3, 0.4) is 0 Å². The number of benzene rings is 3. The number of anilines is 4. The maximum atomic E-state index is 14.9. The lowest BCUT2D eigenvalue weighted by Gasteiger charge is -2.15. The van der Waals surface area contributed by atoms with E-state index in [1.807, 2.05) is 67.6 Å². The van der Waals surface area contributed by atoms with Gasteiger partial charge in [0.15, 0.2) is 16.7 Å². The van der Waals surface area contributed by atoms with E-state index in [-0.39, 0.29) is 5.75 Å². The average molecular weight is 644 g/mol. The Morgan fingerprint density at radius 2 is 1.82 bits per heavy atom. The molecule has 6 rings (SSSR count). The number of rotatable bonds is 13. The number of nitrogens with one attached hydrogen (secondary N) is 3. The zero-order chi connectivity index (χ0) is 31.0. The number of halogens is 1. The van der Waals surface area contributed by atoms with Gasteiger partial charge in [0.2, 0.25) is 5.95 Å². The lowest BCUT2D eigenvalue weighted by molar-refractivity contribution is 0.231. The predicted molar refractivity (Wildman–Crippen MR) is 180 cm³/mol. The fraction of sp³-hybridized carbons (Fsp3) is 0.242. The molecule has 45 heavy (non-hydrogen) atoms. The van der Waals surface area contributed by atoms with E-state index in [2.05, 4.69) is 25.2 Å². The van der Waals surface area contributed by atoms with Crippen molar-refractivity contribution in [1.29, 1.82) is 0 Å². The van der Waals surface area contributed by atoms with Gasteiger partial charge in [-0.15, -0.1) is 0 Å². The highest BCUT2D eigenvalue weighted by molar-refractivity contribution is 7.86. The summed E-state index contributed by atoms with van der Waals surface area (Å²) in [5.41, 5.74) is 3.46. The molecule has 0 amide bonds. The fourth-order valence-corrected chi connectivity index (χ4v) is 6.91. The van der Waals surface area contributed by atoms with Crippen LogP contribution in [0, 0.1) is 5.82 Å². The summed E-state index contributed by atoms with van der Waals surface area (Å²) < 4.78 is 36.5. The van der Waals surface area contributed by atoms with Gasteiger partial charge in [0.1, 0.15) is 17.6 Å². The first-order valence-electron chi connectivity index (χ1n) is 14.9. The van der Waals surface area contributed by atoms with Crippen molar-refractivity contribution < 1.29 is 13.3 Å². The highest BCUT2D eigenvalue weighted by Crippen LogP contribution is 2.39. The number of likely N-dealkylation sites (tertiary alicyclic amines) is 1. The van der Waals surface area contributed by atoms with Crippen molar-refractivity contribution in [2.45, 2.75) is 24.7 Å². The standard InChI is InChI=1S/C33H34FN7O2S2/c1-2-35-33-39-30(23-9-8-10-25(21-23)40-45(42)26-11-4-3-5-12-26)31(44-33)28-15-16-36-32(38-28)37-24-13-14-29(27(34)22-24)43-20-19-41-17-6-7-18-41/h3-5,8-16,21-22,40H,2,6-7,17-20H2,1H3,(H,35,39)(H,36,37,38). The monoisotopic (exact) mass is 643 g/mol. The van der Waals surface area contributed by atoms with Gasteiger partial charge >= 0.3 is 0 Å². The molecule has 5 aromatic rings. The Labute approximate surface area is 268 Å². The van der Waals surface area contributed by atoms with Gasteiger partial charge in [-0.1, -0.05) is 41.7 Å². The van der Waals surface area contributed by atoms with Gasteiger partial charge in [-0.2, -0.15) is 0 Å². The van der Waals surface area contributed by atoms with Crippen LogP contribution < -0.4 is 20.1 Å². The second kappa shape index (κ2) is 14.6. The minimum absolute atomic E-state index is 0.226. The molecule has 232 valence electrons. The third kappa shape index (κ3) is 7.83. The van der Waals surface area contributed by atoms with Crippen molar-refractivity contribution in [3.8, 4) is 27.6 Å². The van der Waals surface area contributed by atoms with Gasteiger partial charge in [-0.25, -0.2) is 23.6 Å². The molecule has 3 N–H and O–H groups in total. The molecule has 9 nitrogen and oxygen atoms in total. The smallest absolute Gasteiger partial charge is 0.227 e. The van der Waals surface area contributed by atoms with Crippen LogP contribution >= 0.6 is 11.3 Å². The topological polar surface area (TPSA) is 104 Å². The number of nitrogens with zero attached hydrogens (tertiary/aromatic N) is 4. The third-order valence-electron chi connectivity index (χ3n) is 7.20. The van der Waals surface area contributed by atoms with E-state index in [0.29, 0.717) is 41.1 Å². The van der Waals surface area contributed by atoms with Crippen molar-refractivity contribution in [1.82, 2.24) is 19.9 Å². The maximum Gasteiger partial charge on any atom is 0.227 e. The number of hydrogen-bond acceptors (Lipinski definition) is 9. The molecule has 2 aromatic heterocycles. The van der Waals surface area contributed by atoms with E-state index in [0.717, 1.165) is 40.9 Å². The maximum absolute atomic E-state index is 14.9. The van der Waals surface area contributed by atoms with Gasteiger partial charge in [0, 0.05) is 42.3 Å². The van der Waals surface area contributed by atoms with Crippen molar-refractivity contribution >= 4 is 44.8 Å². The quantitative estimate of drug-likeness (QED) is 0.124. The summed E-state index contributed by atoms with van der Waals surface area (Å²) in [6.07, 6.45) is 4.08. The van der Waals surface area contributed by atoms with Crippen LogP contribution in [0.15, 0.2) is 90.0 Å². The Hall–Kier alpha value is -4.39. The first kappa shape index (κ1) is 30.6. The van der Waals surface area contributed by atoms with E-state index < -0.39 is 16.8 Å². The molecule has 0 aliphatic carbocycles. The van der Waals surface area contributed by atoms with Gasteiger partial charge in [-0.3, -0.25) is 4.90 Å². The summed E-state index contributed by atoms with van der Waals surface area (Å²) in [5, 5.41) is 7.17. The summed E-state index contributed by atoms with van der Waals surface area (Å²) >= 11 is 1.48. The lowest BCUT2D eigenvalue weighted by Crippen LogP contribution is -2.25. The van der Waals surface area contributed by atoms with Gasteiger partial charge < -0.3 is 20.1 Å². The van der Waals surface area contributed by atoms with Crippen LogP contribution in [0.2, 0.25) is 0 Å². The number of ether oxygens (including phenoxy) is 1. The largest absolute Gasteiger partial charge is 0.489 e. The van der Waals surface area contributed by atoms with Gasteiger partial charge in [-0.05, 0) is 75.3 Å². The molecule has 1 aliphatic rings. The molecule has 3 heterocycles. The fourth-order valence-electron chi connectivity index (χ4n) is 5.02. The predicted octanol–water partition coefficient (Wildman–Crippen LogP) is 7.19. The Bertz CT molecular complexity index is 1760. The second-order valence-electron chi connectivity index (χ2n) is 10.4. The molecule has 0 saturated carbocycles. The highest BCUT2D eigenvalue weighted by Gasteiger charge is 2.18. The first-order valence-corrected chi connectivity index (χ1v) is 16.9. The molecule has 0 spiro atoms. The minimum atomic E-state index is -1.41. The van der Waals surface area contributed by atoms with E-state index in [9.17, 15) is 8.60 Å². The summed E-state index contributed by atoms with van der Waals surface area (Å²) in [4.78, 5) is 17.8. The molecule has 1 atom stereocenters. The average Bonchev–Trinajstić information content (AvgIpc) is 3.74. The van der Waals surface area contributed by atoms with Crippen LogP contribution in [0.4, 0.5) is 26.8 Å². The zero-order valence-electron chi connectivity index (χ0n) is 24.8. The number of hydrogen-bond donors (Lipinski definition) is 3. The summed E-state index contributed by atoms with van der Waals surface area (Å²) in [6.45, 7) is 6.12. The molecule has 3 aromatic carbocycles. The van der Waals surface area contributed by atoms with Crippen LogP contribution in [-0.2, 0) is 11.0 Å². The zero-order valence-corrected chi connectivity index (χ0v) is 26.5. The van der Waals surface area contributed by atoms with Crippen LogP contribution in [0.5, 0.6) is 5.75 Å². The Morgan fingerprint density at radius 3 is 2.62 bits per heavy atom. The summed E-state index contributed by atoms with van der Waals surface area (Å²) in [7, 11) is -1.41. The molecule has 0 radical (unpaired) electrons. The first-order chi connectivity index (χ1) is 22.1. The number of aromatic nitrogens is 3. The normalized spacial score (nSPS) is 13.8. The van der Waals surface area contributed by atoms with Crippen molar-refractivity contribution in [3.63, 3.8) is 0 Å². The Morgan fingerprint density at radius 1 is 0.978 bits per heavy atom. The summed E-state index contributed by atoms with van der Waals surface area (Å²) in [5.74, 6) is 0.107. The molecule has 1 fully saturated rings. The second-order valence-corrected chi connectivity index (χ2v) is 12.6. The molecular formula is C33H34FN7O2S2. The molecule has 0 bridgehead atoms. The number of thiazole rings is 1. The molecule has 1 unspecified atom stereocenters. The van der Waals surface area contributed by atoms with E-state index in [1.165, 1.54) is 30.2 Å². The van der Waals surface area contributed by atoms with Gasteiger partial charge in [0.05, 0.1) is 21.2 Å². The Balaban J connectivity index is 1.20. The van der Waals surface area contributed by atoms with Crippen LogP contribution in [0.1, 0.15) is 19.8 Å². The molecule has 12 heteroatoms. The summed E-state index contributed by atoms with van der Waals surface area (Å²) in [6, 6.07) is 23.5. The molecule has 1 saturated heterocycles. The Kier molecular flexibility index (Phi) is 9.93. The molecular weight excluding hydrogens is 610 g/mol. The minimum Gasteiger partial charge on any atom is -0.489 e. The molecule has 1 aliphatic heterocycles. The highest BCUT2D eigenvalue weighted by atomic mass is 32.2.